The highest BCUT2D eigenvalue weighted by molar-refractivity contribution is 7.98. The van der Waals surface area contributed by atoms with Crippen molar-refractivity contribution in [2.45, 2.75) is 32.2 Å². The number of hydrogen-bond acceptors (Lipinski definition) is 4. The quantitative estimate of drug-likeness (QED) is 0.318. The second-order valence-corrected chi connectivity index (χ2v) is 8.42. The molecule has 0 unspecified atom stereocenters. The highest BCUT2D eigenvalue weighted by Crippen LogP contribution is 2.09. The van der Waals surface area contributed by atoms with E-state index in [0.717, 1.165) is 25.6 Å². The molecule has 2 N–H and O–H groups in total. The molecule has 0 radical (unpaired) electrons. The molecule has 2 rings (SSSR count). The van der Waals surface area contributed by atoms with Crippen LogP contribution in [0.5, 0.6) is 0 Å². The Morgan fingerprint density at radius 1 is 0.929 bits per heavy atom. The third kappa shape index (κ3) is 9.80. The first kappa shape index (κ1) is 23.0. The minimum atomic E-state index is 0.943. The first-order valence-electron chi connectivity index (χ1n) is 10.7. The lowest BCUT2D eigenvalue weighted by Gasteiger charge is -2.34. The zero-order valence-corrected chi connectivity index (χ0v) is 18.6. The number of guanidine groups is 1. The van der Waals surface area contributed by atoms with Crippen molar-refractivity contribution in [2.24, 2.45) is 4.99 Å². The molecule has 0 bridgehead atoms. The summed E-state index contributed by atoms with van der Waals surface area (Å²) in [6, 6.07) is 10.8. The van der Waals surface area contributed by atoms with E-state index in [9.17, 15) is 0 Å². The van der Waals surface area contributed by atoms with Crippen LogP contribution < -0.4 is 10.6 Å². The van der Waals surface area contributed by atoms with E-state index in [4.69, 9.17) is 0 Å². The van der Waals surface area contributed by atoms with Crippen LogP contribution in [0.15, 0.2) is 35.3 Å². The average Bonchev–Trinajstić information content (AvgIpc) is 2.74. The number of aliphatic imine (C=N–C) groups is 1. The van der Waals surface area contributed by atoms with E-state index < -0.39 is 0 Å². The summed E-state index contributed by atoms with van der Waals surface area (Å²) in [4.78, 5) is 9.49. The second kappa shape index (κ2) is 14.7. The number of hydrogen-bond donors (Lipinski definition) is 2. The fraction of sp³-hybridized carbons (Fsp3) is 0.682. The van der Waals surface area contributed by atoms with E-state index in [0.29, 0.717) is 0 Å². The highest BCUT2D eigenvalue weighted by Gasteiger charge is 2.16. The molecule has 28 heavy (non-hydrogen) atoms. The summed E-state index contributed by atoms with van der Waals surface area (Å²) in [6.07, 6.45) is 7.08. The number of thioether (sulfide) groups is 1. The second-order valence-electron chi connectivity index (χ2n) is 7.44. The molecular formula is C22H39N5S. The Labute approximate surface area is 176 Å². The molecule has 0 saturated carbocycles. The zero-order chi connectivity index (χ0) is 19.9. The van der Waals surface area contributed by atoms with Crippen molar-refractivity contribution in [2.75, 3.05) is 64.9 Å². The predicted octanol–water partition coefficient (Wildman–Crippen LogP) is 2.89. The molecule has 1 fully saturated rings. The Morgan fingerprint density at radius 3 is 2.21 bits per heavy atom. The average molecular weight is 406 g/mol. The molecule has 1 aliphatic heterocycles. The van der Waals surface area contributed by atoms with Crippen LogP contribution >= 0.6 is 11.8 Å². The lowest BCUT2D eigenvalue weighted by molar-refractivity contribution is 0.126. The van der Waals surface area contributed by atoms with Crippen molar-refractivity contribution in [3.05, 3.63) is 35.9 Å². The molecule has 0 spiro atoms. The van der Waals surface area contributed by atoms with Crippen molar-refractivity contribution in [1.82, 2.24) is 20.4 Å². The van der Waals surface area contributed by atoms with E-state index in [-0.39, 0.29) is 0 Å². The minimum absolute atomic E-state index is 0.943. The first-order valence-corrected chi connectivity index (χ1v) is 12.1. The van der Waals surface area contributed by atoms with Gasteiger partial charge in [0.15, 0.2) is 5.96 Å². The maximum absolute atomic E-state index is 4.31. The van der Waals surface area contributed by atoms with Crippen LogP contribution in [0.3, 0.4) is 0 Å². The number of unbranched alkanes of at least 4 members (excludes halogenated alkanes) is 2. The van der Waals surface area contributed by atoms with Gasteiger partial charge in [0.1, 0.15) is 0 Å². The van der Waals surface area contributed by atoms with Crippen molar-refractivity contribution in [3.8, 4) is 0 Å². The molecule has 1 aromatic rings. The van der Waals surface area contributed by atoms with E-state index in [2.05, 4.69) is 62.0 Å². The van der Waals surface area contributed by atoms with Gasteiger partial charge in [-0.25, -0.2) is 0 Å². The molecule has 6 heteroatoms. The monoisotopic (exact) mass is 405 g/mol. The van der Waals surface area contributed by atoms with Crippen LogP contribution in [0.1, 0.15) is 31.2 Å². The largest absolute Gasteiger partial charge is 0.356 e. The molecule has 1 aromatic carbocycles. The Bertz CT molecular complexity index is 529. The van der Waals surface area contributed by atoms with Gasteiger partial charge in [-0.1, -0.05) is 30.3 Å². The molecular weight excluding hydrogens is 366 g/mol. The van der Waals surface area contributed by atoms with Gasteiger partial charge in [-0.2, -0.15) is 11.8 Å². The van der Waals surface area contributed by atoms with Crippen LogP contribution in [0.25, 0.3) is 0 Å². The van der Waals surface area contributed by atoms with Crippen LogP contribution in [-0.4, -0.2) is 80.6 Å². The van der Waals surface area contributed by atoms with Crippen molar-refractivity contribution in [1.29, 1.82) is 0 Å². The van der Waals surface area contributed by atoms with Crippen LogP contribution in [0.4, 0.5) is 0 Å². The van der Waals surface area contributed by atoms with Gasteiger partial charge in [-0.3, -0.25) is 9.89 Å². The van der Waals surface area contributed by atoms with Crippen molar-refractivity contribution < 1.29 is 0 Å². The highest BCUT2D eigenvalue weighted by atomic mass is 32.2. The summed E-state index contributed by atoms with van der Waals surface area (Å²) < 4.78 is 0. The standard InChI is InChI=1S/C22H39N5S/c1-23-22(25-13-7-9-19-28-2)24-12-6-8-14-26-15-17-27(18-16-26)20-21-10-4-3-5-11-21/h3-5,10-11H,6-9,12-20H2,1-2H3,(H2,23,24,25). The molecule has 0 atom stereocenters. The maximum atomic E-state index is 4.31. The molecule has 1 saturated heterocycles. The molecule has 5 nitrogen and oxygen atoms in total. The van der Waals surface area contributed by atoms with Gasteiger partial charge in [0.05, 0.1) is 0 Å². The van der Waals surface area contributed by atoms with Crippen molar-refractivity contribution in [3.63, 3.8) is 0 Å². The van der Waals surface area contributed by atoms with Gasteiger partial charge >= 0.3 is 0 Å². The fourth-order valence-electron chi connectivity index (χ4n) is 3.48. The summed E-state index contributed by atoms with van der Waals surface area (Å²) in [5.74, 6) is 2.19. The van der Waals surface area contributed by atoms with Gasteiger partial charge in [-0.15, -0.1) is 0 Å². The summed E-state index contributed by atoms with van der Waals surface area (Å²) in [5, 5.41) is 6.85. The van der Waals surface area contributed by atoms with E-state index in [1.165, 1.54) is 69.7 Å². The third-order valence-corrected chi connectivity index (χ3v) is 5.90. The van der Waals surface area contributed by atoms with Gasteiger partial charge in [0.25, 0.3) is 0 Å². The van der Waals surface area contributed by atoms with Gasteiger partial charge in [0, 0.05) is 52.9 Å². The number of piperazine rings is 1. The summed E-state index contributed by atoms with van der Waals surface area (Å²) in [5.41, 5.74) is 1.42. The summed E-state index contributed by atoms with van der Waals surface area (Å²) in [6.45, 7) is 9.05. The SMILES string of the molecule is CN=C(NCCCCSC)NCCCCN1CCN(Cc2ccccc2)CC1. The molecule has 0 aromatic heterocycles. The van der Waals surface area contributed by atoms with Gasteiger partial charge in [0.2, 0.25) is 0 Å². The Balaban J connectivity index is 1.47. The van der Waals surface area contributed by atoms with E-state index >= 15 is 0 Å². The topological polar surface area (TPSA) is 42.9 Å². The van der Waals surface area contributed by atoms with Crippen LogP contribution in [0, 0.1) is 0 Å². The number of benzene rings is 1. The Morgan fingerprint density at radius 2 is 1.57 bits per heavy atom. The summed E-state index contributed by atoms with van der Waals surface area (Å²) in [7, 11) is 1.85. The zero-order valence-electron chi connectivity index (χ0n) is 17.8. The molecule has 1 heterocycles. The Hall–Kier alpha value is -1.24. The van der Waals surface area contributed by atoms with Crippen molar-refractivity contribution >= 4 is 17.7 Å². The lowest BCUT2D eigenvalue weighted by atomic mass is 10.2. The first-order chi connectivity index (χ1) is 13.8. The number of nitrogens with one attached hydrogen (secondary N) is 2. The van der Waals surface area contributed by atoms with Gasteiger partial charge < -0.3 is 15.5 Å². The molecule has 0 amide bonds. The smallest absolute Gasteiger partial charge is 0.190 e. The maximum Gasteiger partial charge on any atom is 0.190 e. The van der Waals surface area contributed by atoms with E-state index in [1.807, 2.05) is 18.8 Å². The minimum Gasteiger partial charge on any atom is -0.356 e. The lowest BCUT2D eigenvalue weighted by Crippen LogP contribution is -2.46. The third-order valence-electron chi connectivity index (χ3n) is 5.20. The summed E-state index contributed by atoms with van der Waals surface area (Å²) >= 11 is 1.92. The van der Waals surface area contributed by atoms with Gasteiger partial charge in [-0.05, 0) is 49.8 Å². The molecule has 158 valence electrons. The molecule has 0 aliphatic carbocycles. The fourth-order valence-corrected chi connectivity index (χ4v) is 3.97. The predicted molar refractivity (Wildman–Crippen MR) is 124 cm³/mol. The molecule has 1 aliphatic rings. The van der Waals surface area contributed by atoms with Crippen LogP contribution in [0.2, 0.25) is 0 Å². The number of nitrogens with zero attached hydrogens (tertiary/aromatic N) is 3. The Kier molecular flexibility index (Phi) is 12.1. The van der Waals surface area contributed by atoms with E-state index in [1.54, 1.807) is 0 Å². The van der Waals surface area contributed by atoms with Crippen LogP contribution in [-0.2, 0) is 6.54 Å². The number of rotatable bonds is 12. The normalized spacial score (nSPS) is 16.3.